The summed E-state index contributed by atoms with van der Waals surface area (Å²) < 4.78 is 38.8. The van der Waals surface area contributed by atoms with Gasteiger partial charge in [-0.1, -0.05) is 30.3 Å². The Morgan fingerprint density at radius 2 is 1.69 bits per heavy atom. The van der Waals surface area contributed by atoms with Crippen LogP contribution >= 0.6 is 12.4 Å². The third kappa shape index (κ3) is 6.04. The zero-order valence-electron chi connectivity index (χ0n) is 17.8. The minimum absolute atomic E-state index is 0. The maximum absolute atomic E-state index is 12.9. The molecular formula is C24H28ClF3N4. The van der Waals surface area contributed by atoms with E-state index in [0.717, 1.165) is 69.4 Å². The molecule has 2 aromatic carbocycles. The number of fused-ring (bicyclic) bond motifs is 1. The van der Waals surface area contributed by atoms with Gasteiger partial charge < -0.3 is 10.2 Å². The molecule has 32 heavy (non-hydrogen) atoms. The average Bonchev–Trinajstić information content (AvgIpc) is 2.79. The van der Waals surface area contributed by atoms with Crippen LogP contribution in [0.3, 0.4) is 0 Å². The van der Waals surface area contributed by atoms with E-state index in [9.17, 15) is 13.2 Å². The Hall–Kier alpha value is -2.51. The van der Waals surface area contributed by atoms with Gasteiger partial charge in [0.25, 0.3) is 0 Å². The molecule has 0 atom stereocenters. The molecule has 1 aromatic heterocycles. The van der Waals surface area contributed by atoms with Gasteiger partial charge in [0.2, 0.25) is 0 Å². The van der Waals surface area contributed by atoms with Crippen molar-refractivity contribution in [3.8, 4) is 0 Å². The number of hydrogen-bond donors (Lipinski definition) is 1. The van der Waals surface area contributed by atoms with Crippen molar-refractivity contribution in [2.24, 2.45) is 0 Å². The predicted molar refractivity (Wildman–Crippen MR) is 127 cm³/mol. The molecule has 3 aromatic rings. The van der Waals surface area contributed by atoms with Gasteiger partial charge in [-0.15, -0.1) is 12.4 Å². The zero-order valence-corrected chi connectivity index (χ0v) is 18.6. The van der Waals surface area contributed by atoms with Crippen LogP contribution in [0.25, 0.3) is 10.8 Å². The van der Waals surface area contributed by atoms with Gasteiger partial charge in [0.05, 0.1) is 5.56 Å². The number of piperazine rings is 1. The third-order valence-corrected chi connectivity index (χ3v) is 5.78. The van der Waals surface area contributed by atoms with Gasteiger partial charge in [0.15, 0.2) is 0 Å². The number of halogens is 4. The Kier molecular flexibility index (Phi) is 8.21. The number of anilines is 2. The second kappa shape index (κ2) is 10.9. The Bertz CT molecular complexity index is 998. The highest BCUT2D eigenvalue weighted by Crippen LogP contribution is 2.31. The molecule has 4 rings (SSSR count). The van der Waals surface area contributed by atoms with Gasteiger partial charge in [0.1, 0.15) is 5.82 Å². The number of aromatic nitrogens is 1. The van der Waals surface area contributed by atoms with Gasteiger partial charge in [0, 0.05) is 50.0 Å². The monoisotopic (exact) mass is 464 g/mol. The number of nitrogens with zero attached hydrogens (tertiary/aromatic N) is 3. The molecule has 1 N–H and O–H groups in total. The van der Waals surface area contributed by atoms with E-state index in [1.54, 1.807) is 6.07 Å². The summed E-state index contributed by atoms with van der Waals surface area (Å²) in [7, 11) is 0. The van der Waals surface area contributed by atoms with Gasteiger partial charge in [-0.25, -0.2) is 4.98 Å². The first-order valence-electron chi connectivity index (χ1n) is 10.7. The molecule has 1 aliphatic rings. The van der Waals surface area contributed by atoms with Crippen molar-refractivity contribution in [1.82, 2.24) is 9.88 Å². The highest BCUT2D eigenvalue weighted by molar-refractivity contribution is 5.91. The number of alkyl halides is 3. The van der Waals surface area contributed by atoms with Crippen molar-refractivity contribution in [2.75, 3.05) is 49.5 Å². The van der Waals surface area contributed by atoms with Crippen LogP contribution in [0.5, 0.6) is 0 Å². The topological polar surface area (TPSA) is 31.4 Å². The number of pyridine rings is 1. The van der Waals surface area contributed by atoms with Crippen LogP contribution in [0.2, 0.25) is 0 Å². The lowest BCUT2D eigenvalue weighted by molar-refractivity contribution is -0.137. The molecule has 8 heteroatoms. The first-order valence-corrected chi connectivity index (χ1v) is 10.7. The smallest absolute Gasteiger partial charge is 0.370 e. The van der Waals surface area contributed by atoms with Crippen molar-refractivity contribution < 1.29 is 13.2 Å². The Morgan fingerprint density at radius 3 is 2.47 bits per heavy atom. The van der Waals surface area contributed by atoms with E-state index in [1.165, 1.54) is 17.5 Å². The molecule has 0 bridgehead atoms. The number of benzene rings is 2. The fraction of sp³-hybridized carbons (Fsp3) is 0.375. The van der Waals surface area contributed by atoms with Crippen molar-refractivity contribution in [1.29, 1.82) is 0 Å². The molecule has 0 radical (unpaired) electrons. The van der Waals surface area contributed by atoms with Crippen molar-refractivity contribution in [3.05, 3.63) is 66.4 Å². The van der Waals surface area contributed by atoms with Gasteiger partial charge in [-0.3, -0.25) is 4.90 Å². The largest absolute Gasteiger partial charge is 0.416 e. The van der Waals surface area contributed by atoms with Crippen LogP contribution in [0, 0.1) is 0 Å². The predicted octanol–water partition coefficient (Wildman–Crippen LogP) is 5.69. The summed E-state index contributed by atoms with van der Waals surface area (Å²) in [6.07, 6.45) is -0.359. The first kappa shape index (κ1) is 24.1. The molecule has 2 heterocycles. The second-order valence-corrected chi connectivity index (χ2v) is 7.89. The molecule has 0 aliphatic carbocycles. The summed E-state index contributed by atoms with van der Waals surface area (Å²) in [5.41, 5.74) is 0.0712. The lowest BCUT2D eigenvalue weighted by Crippen LogP contribution is -2.46. The number of nitrogens with one attached hydrogen (secondary N) is 1. The molecule has 0 saturated carbocycles. The first-order chi connectivity index (χ1) is 15.0. The Labute approximate surface area is 192 Å². The average molecular weight is 465 g/mol. The van der Waals surface area contributed by atoms with Crippen molar-refractivity contribution >= 4 is 34.7 Å². The molecule has 1 aliphatic heterocycles. The van der Waals surface area contributed by atoms with E-state index in [0.29, 0.717) is 5.69 Å². The lowest BCUT2D eigenvalue weighted by atomic mass is 10.1. The van der Waals surface area contributed by atoms with E-state index in [1.807, 2.05) is 29.3 Å². The normalized spacial score (nSPS) is 14.9. The quantitative estimate of drug-likeness (QED) is 0.455. The highest BCUT2D eigenvalue weighted by atomic mass is 35.5. The van der Waals surface area contributed by atoms with E-state index in [2.05, 4.69) is 27.3 Å². The standard InChI is InChI=1S/C24H27F3N4.ClH/c25-24(26,27)20-7-5-8-21(18-20)31-16-14-30(15-17-31)13-4-3-11-28-23-22-9-2-1-6-19(22)10-12-29-23;/h1-2,5-10,12,18H,3-4,11,13-17H2,(H,28,29);1H. The summed E-state index contributed by atoms with van der Waals surface area (Å²) >= 11 is 0. The summed E-state index contributed by atoms with van der Waals surface area (Å²) in [5, 5.41) is 5.76. The number of hydrogen-bond acceptors (Lipinski definition) is 4. The van der Waals surface area contributed by atoms with Crippen LogP contribution in [0.1, 0.15) is 18.4 Å². The molecular weight excluding hydrogens is 437 g/mol. The van der Waals surface area contributed by atoms with E-state index in [4.69, 9.17) is 0 Å². The molecule has 0 unspecified atom stereocenters. The zero-order chi connectivity index (χ0) is 21.7. The fourth-order valence-electron chi connectivity index (χ4n) is 4.04. The maximum Gasteiger partial charge on any atom is 0.416 e. The van der Waals surface area contributed by atoms with E-state index < -0.39 is 11.7 Å². The second-order valence-electron chi connectivity index (χ2n) is 7.89. The summed E-state index contributed by atoms with van der Waals surface area (Å²) in [6.45, 7) is 5.11. The SMILES string of the molecule is Cl.FC(F)(F)c1cccc(N2CCN(CCCCNc3nccc4ccccc34)CC2)c1. The number of rotatable bonds is 7. The summed E-state index contributed by atoms with van der Waals surface area (Å²) in [6, 6.07) is 15.9. The summed E-state index contributed by atoms with van der Waals surface area (Å²) in [4.78, 5) is 8.89. The Balaban J connectivity index is 0.00000289. The molecule has 172 valence electrons. The van der Waals surface area contributed by atoms with Crippen LogP contribution in [-0.4, -0.2) is 49.2 Å². The van der Waals surface area contributed by atoms with Gasteiger partial charge >= 0.3 is 6.18 Å². The number of unbranched alkanes of at least 4 members (excludes halogenated alkanes) is 1. The van der Waals surface area contributed by atoms with Gasteiger partial charge in [-0.05, 0) is 49.0 Å². The molecule has 0 spiro atoms. The maximum atomic E-state index is 12.9. The van der Waals surface area contributed by atoms with Crippen LogP contribution < -0.4 is 10.2 Å². The Morgan fingerprint density at radius 1 is 0.906 bits per heavy atom. The molecule has 1 saturated heterocycles. The van der Waals surface area contributed by atoms with Crippen LogP contribution in [0.4, 0.5) is 24.7 Å². The van der Waals surface area contributed by atoms with E-state index in [-0.39, 0.29) is 12.4 Å². The third-order valence-electron chi connectivity index (χ3n) is 5.78. The van der Waals surface area contributed by atoms with Crippen LogP contribution in [0.15, 0.2) is 60.8 Å². The highest BCUT2D eigenvalue weighted by Gasteiger charge is 2.31. The van der Waals surface area contributed by atoms with Crippen molar-refractivity contribution in [2.45, 2.75) is 19.0 Å². The van der Waals surface area contributed by atoms with Crippen LogP contribution in [-0.2, 0) is 6.18 Å². The molecule has 1 fully saturated rings. The van der Waals surface area contributed by atoms with Gasteiger partial charge in [-0.2, -0.15) is 13.2 Å². The summed E-state index contributed by atoms with van der Waals surface area (Å²) in [5.74, 6) is 0.924. The van der Waals surface area contributed by atoms with Crippen molar-refractivity contribution in [3.63, 3.8) is 0 Å². The lowest BCUT2D eigenvalue weighted by Gasteiger charge is -2.36. The molecule has 0 amide bonds. The fourth-order valence-corrected chi connectivity index (χ4v) is 4.04. The minimum atomic E-state index is -4.30. The minimum Gasteiger partial charge on any atom is -0.370 e. The van der Waals surface area contributed by atoms with E-state index >= 15 is 0 Å². The molecule has 4 nitrogen and oxygen atoms in total.